The Balaban J connectivity index is 2.46. The van der Waals surface area contributed by atoms with Crippen molar-refractivity contribution in [2.45, 2.75) is 4.74 Å². The zero-order valence-electron chi connectivity index (χ0n) is 4.46. The predicted molar refractivity (Wildman–Crippen MR) is 40.7 cm³/mol. The van der Waals surface area contributed by atoms with Crippen LogP contribution in [0.25, 0.3) is 0 Å². The third-order valence-electron chi connectivity index (χ3n) is 0.852. The van der Waals surface area contributed by atoms with Crippen molar-refractivity contribution >= 4 is 44.6 Å². The molecule has 0 spiro atoms. The minimum atomic E-state index is -0.520. The maximum atomic E-state index is 5.48. The fourth-order valence-electron chi connectivity index (χ4n) is 0.444. The van der Waals surface area contributed by atoms with Crippen molar-refractivity contribution in [3.8, 4) is 0 Å². The number of halogens is 2. The van der Waals surface area contributed by atoms with Crippen LogP contribution < -0.4 is 5.14 Å². The number of nitrogens with one attached hydrogen (secondary N) is 1. The molecule has 1 aliphatic heterocycles. The molecule has 0 saturated heterocycles. The molecule has 0 amide bonds. The molecule has 0 aromatic rings. The van der Waals surface area contributed by atoms with Crippen LogP contribution in [-0.2, 0) is 0 Å². The molecular weight excluding hydrogens is 157 g/mol. The molecule has 3 nitrogen and oxygen atoms in total. The summed E-state index contributed by atoms with van der Waals surface area (Å²) < 4.78 is -0.520. The summed E-state index contributed by atoms with van der Waals surface area (Å²) >= 11 is 11.0. The van der Waals surface area contributed by atoms with Crippen LogP contribution >= 0.6 is 23.2 Å². The first kappa shape index (κ1) is 7.28. The maximum absolute atomic E-state index is 5.48. The van der Waals surface area contributed by atoms with E-state index < -0.39 is 4.74 Å². The van der Waals surface area contributed by atoms with E-state index in [0.717, 1.165) is 0 Å². The van der Waals surface area contributed by atoms with Crippen LogP contribution in [0.3, 0.4) is 0 Å². The van der Waals surface area contributed by atoms with Gasteiger partial charge in [-0.05, 0) is 0 Å². The molecule has 0 aromatic heterocycles. The van der Waals surface area contributed by atoms with Crippen molar-refractivity contribution in [2.75, 3.05) is 0 Å². The number of nitrogens with zero attached hydrogens (tertiary/aromatic N) is 2. The van der Waals surface area contributed by atoms with Crippen molar-refractivity contribution in [1.29, 1.82) is 0 Å². The topological polar surface area (TPSA) is 36.8 Å². The Kier molecular flexibility index (Phi) is 2.73. The molecule has 1 heterocycles. The number of alkyl halides is 2. The Bertz CT molecular complexity index is 146. The summed E-state index contributed by atoms with van der Waals surface area (Å²) in [5.74, 6) is 0. The zero-order chi connectivity index (χ0) is 6.69. The summed E-state index contributed by atoms with van der Waals surface area (Å²) in [6, 6.07) is 0. The number of hydrogen-bond acceptors (Lipinski definition) is 3. The fourth-order valence-corrected chi connectivity index (χ4v) is 0.719. The van der Waals surface area contributed by atoms with E-state index in [0.29, 0.717) is 0 Å². The van der Waals surface area contributed by atoms with Crippen LogP contribution in [0.4, 0.5) is 0 Å². The normalized spacial score (nSPS) is 14.8. The summed E-state index contributed by atoms with van der Waals surface area (Å²) in [5.41, 5.74) is 0. The molecule has 0 radical (unpaired) electrons. The van der Waals surface area contributed by atoms with Crippen LogP contribution in [0.2, 0.25) is 0 Å². The van der Waals surface area contributed by atoms with E-state index in [4.69, 9.17) is 23.2 Å². The van der Waals surface area contributed by atoms with Gasteiger partial charge < -0.3 is 0 Å². The van der Waals surface area contributed by atoms with Gasteiger partial charge in [-0.2, -0.15) is 0 Å². The SMILES string of the molecule is ClC(Cl)B1N=BN=BN1. The molecule has 0 bridgehead atoms. The van der Waals surface area contributed by atoms with Gasteiger partial charge in [-0.25, -0.2) is 0 Å². The average molecular weight is 159 g/mol. The monoisotopic (exact) mass is 159 g/mol. The Labute approximate surface area is 64.6 Å². The van der Waals surface area contributed by atoms with Crippen LogP contribution in [0.1, 0.15) is 0 Å². The van der Waals surface area contributed by atoms with E-state index in [9.17, 15) is 0 Å². The second-order valence-electron chi connectivity index (χ2n) is 1.49. The second-order valence-corrected chi connectivity index (χ2v) is 2.65. The van der Waals surface area contributed by atoms with Crippen LogP contribution in [-0.4, -0.2) is 26.1 Å². The van der Waals surface area contributed by atoms with Gasteiger partial charge in [0.05, 0.1) is 0 Å². The van der Waals surface area contributed by atoms with Crippen molar-refractivity contribution in [2.24, 2.45) is 9.61 Å². The quantitative estimate of drug-likeness (QED) is 0.425. The summed E-state index contributed by atoms with van der Waals surface area (Å²) in [6.07, 6.45) is 0. The van der Waals surface area contributed by atoms with Gasteiger partial charge in [0.15, 0.2) is 0 Å². The van der Waals surface area contributed by atoms with Crippen LogP contribution in [0.15, 0.2) is 9.61 Å². The van der Waals surface area contributed by atoms with Gasteiger partial charge in [-0.1, -0.05) is 0 Å². The first-order valence-electron chi connectivity index (χ1n) is 2.38. The average Bonchev–Trinajstić information content (AvgIpc) is 1.90. The Morgan fingerprint density at radius 2 is 2.33 bits per heavy atom. The van der Waals surface area contributed by atoms with Gasteiger partial charge in [-0.3, -0.25) is 0 Å². The summed E-state index contributed by atoms with van der Waals surface area (Å²) in [7, 11) is 2.92. The molecular formula is CH2B3Cl2N3. The third kappa shape index (κ3) is 2.10. The molecule has 0 aliphatic carbocycles. The predicted octanol–water partition coefficient (Wildman–Crippen LogP) is 0.0263. The first-order valence-corrected chi connectivity index (χ1v) is 3.25. The number of hydrogen-bond donors (Lipinski definition) is 1. The second kappa shape index (κ2) is 3.37. The summed E-state index contributed by atoms with van der Waals surface area (Å²) in [4.78, 5) is 7.50. The fraction of sp³-hybridized carbons (Fsp3) is 1.00. The molecule has 0 unspecified atom stereocenters. The molecule has 1 aliphatic rings. The molecule has 1 rings (SSSR count). The molecule has 0 saturated carbocycles. The van der Waals surface area contributed by atoms with Crippen LogP contribution in [0.5, 0.6) is 0 Å². The standard InChI is InChI=1S/CH2B3Cl2N3/c5-1(6)4-8-2-7-3-9-4/h1,8H. The molecule has 8 heteroatoms. The van der Waals surface area contributed by atoms with Crippen LogP contribution in [0, 0.1) is 0 Å². The van der Waals surface area contributed by atoms with Gasteiger partial charge >= 0.3 is 64.1 Å². The molecule has 0 fully saturated rings. The van der Waals surface area contributed by atoms with E-state index in [1.807, 2.05) is 0 Å². The molecule has 9 heavy (non-hydrogen) atoms. The number of rotatable bonds is 1. The molecule has 44 valence electrons. The van der Waals surface area contributed by atoms with E-state index in [-0.39, 0.29) is 6.98 Å². The van der Waals surface area contributed by atoms with E-state index in [1.165, 1.54) is 14.4 Å². The van der Waals surface area contributed by atoms with Gasteiger partial charge in [0.1, 0.15) is 0 Å². The van der Waals surface area contributed by atoms with Crippen molar-refractivity contribution in [3.05, 3.63) is 0 Å². The van der Waals surface area contributed by atoms with E-state index >= 15 is 0 Å². The van der Waals surface area contributed by atoms with Crippen molar-refractivity contribution in [1.82, 2.24) is 5.14 Å². The Hall–Kier alpha value is 0.175. The summed E-state index contributed by atoms with van der Waals surface area (Å²) in [5, 5.41) is 2.77. The van der Waals surface area contributed by atoms with Gasteiger partial charge in [0, 0.05) is 0 Å². The van der Waals surface area contributed by atoms with Crippen molar-refractivity contribution < 1.29 is 0 Å². The third-order valence-corrected chi connectivity index (χ3v) is 1.33. The van der Waals surface area contributed by atoms with Gasteiger partial charge in [0.2, 0.25) is 0 Å². The van der Waals surface area contributed by atoms with Gasteiger partial charge in [0.25, 0.3) is 0 Å². The van der Waals surface area contributed by atoms with Gasteiger partial charge in [-0.15, -0.1) is 0 Å². The Morgan fingerprint density at radius 1 is 1.56 bits per heavy atom. The van der Waals surface area contributed by atoms with E-state index in [2.05, 4.69) is 14.8 Å². The molecule has 0 atom stereocenters. The minimum absolute atomic E-state index is 0.245. The first-order chi connectivity index (χ1) is 4.30. The molecule has 0 aromatic carbocycles. The van der Waals surface area contributed by atoms with E-state index in [1.54, 1.807) is 0 Å². The zero-order valence-corrected chi connectivity index (χ0v) is 5.97. The molecule has 1 N–H and O–H groups in total. The summed E-state index contributed by atoms with van der Waals surface area (Å²) in [6.45, 7) is -0.245. The van der Waals surface area contributed by atoms with Crippen molar-refractivity contribution in [3.63, 3.8) is 0 Å². The Morgan fingerprint density at radius 3 is 2.67 bits per heavy atom.